The molecular formula is C29H35N3O6. The van der Waals surface area contributed by atoms with Gasteiger partial charge in [0.2, 0.25) is 5.88 Å². The lowest BCUT2D eigenvalue weighted by Gasteiger charge is -2.38. The van der Waals surface area contributed by atoms with E-state index in [-0.39, 0.29) is 18.1 Å². The minimum absolute atomic E-state index is 0.238. The number of carbonyl (C=O) groups excluding carboxylic acids is 1. The summed E-state index contributed by atoms with van der Waals surface area (Å²) < 4.78 is 27.4. The number of aromatic nitrogens is 2. The van der Waals surface area contributed by atoms with Gasteiger partial charge in [-0.2, -0.15) is 4.98 Å². The van der Waals surface area contributed by atoms with Gasteiger partial charge >= 0.3 is 12.1 Å². The highest BCUT2D eigenvalue weighted by Crippen LogP contribution is 2.40. The van der Waals surface area contributed by atoms with Crippen LogP contribution < -0.4 is 18.9 Å². The Morgan fingerprint density at radius 2 is 1.66 bits per heavy atom. The quantitative estimate of drug-likeness (QED) is 0.416. The summed E-state index contributed by atoms with van der Waals surface area (Å²) in [4.78, 5) is 23.6. The highest BCUT2D eigenvalue weighted by atomic mass is 16.6. The van der Waals surface area contributed by atoms with Gasteiger partial charge in [-0.3, -0.25) is 0 Å². The van der Waals surface area contributed by atoms with Gasteiger partial charge in [0.1, 0.15) is 5.60 Å². The molecule has 0 spiro atoms. The summed E-state index contributed by atoms with van der Waals surface area (Å²) in [6.07, 6.45) is 2.64. The van der Waals surface area contributed by atoms with Crippen molar-refractivity contribution in [3.05, 3.63) is 59.3 Å². The number of benzene rings is 2. The van der Waals surface area contributed by atoms with Crippen molar-refractivity contribution in [3.8, 4) is 34.5 Å². The summed E-state index contributed by atoms with van der Waals surface area (Å²) in [5.41, 5.74) is 4.28. The molecule has 0 fully saturated rings. The summed E-state index contributed by atoms with van der Waals surface area (Å²) in [7, 11) is 6.32. The Morgan fingerprint density at radius 1 is 0.974 bits per heavy atom. The molecule has 2 aromatic carbocycles. The molecule has 4 rings (SSSR count). The second-order valence-electron chi connectivity index (χ2n) is 10.0. The average molecular weight is 522 g/mol. The molecule has 1 amide bonds. The van der Waals surface area contributed by atoms with E-state index in [1.807, 2.05) is 62.1 Å². The number of fused-ring (bicyclic) bond motifs is 1. The van der Waals surface area contributed by atoms with Crippen LogP contribution in [0.3, 0.4) is 0 Å². The first-order valence-electron chi connectivity index (χ1n) is 12.5. The van der Waals surface area contributed by atoms with Crippen molar-refractivity contribution in [2.75, 3.05) is 35.0 Å². The van der Waals surface area contributed by atoms with E-state index in [9.17, 15) is 4.79 Å². The van der Waals surface area contributed by atoms with Gasteiger partial charge < -0.3 is 28.6 Å². The molecule has 2 heterocycles. The first kappa shape index (κ1) is 27.0. The van der Waals surface area contributed by atoms with Crippen molar-refractivity contribution in [2.24, 2.45) is 0 Å². The van der Waals surface area contributed by atoms with Gasteiger partial charge in [-0.15, -0.1) is 0 Å². The molecule has 0 N–H and O–H groups in total. The molecule has 9 heteroatoms. The van der Waals surface area contributed by atoms with Gasteiger partial charge in [-0.1, -0.05) is 24.3 Å². The van der Waals surface area contributed by atoms with Gasteiger partial charge in [0, 0.05) is 12.7 Å². The van der Waals surface area contributed by atoms with Gasteiger partial charge in [0.05, 0.1) is 40.0 Å². The van der Waals surface area contributed by atoms with Crippen LogP contribution in [-0.2, 0) is 17.6 Å². The summed E-state index contributed by atoms with van der Waals surface area (Å²) in [6.45, 7) is 6.17. The number of nitrogens with zero attached hydrogens (tertiary/aromatic N) is 3. The van der Waals surface area contributed by atoms with E-state index in [0.29, 0.717) is 36.8 Å². The maximum atomic E-state index is 13.3. The lowest BCUT2D eigenvalue weighted by Crippen LogP contribution is -2.43. The third-order valence-electron chi connectivity index (χ3n) is 6.43. The molecule has 0 radical (unpaired) electrons. The predicted molar refractivity (Wildman–Crippen MR) is 143 cm³/mol. The maximum Gasteiger partial charge on any atom is 0.410 e. The molecule has 0 bridgehead atoms. The molecule has 38 heavy (non-hydrogen) atoms. The van der Waals surface area contributed by atoms with Crippen LogP contribution in [-0.4, -0.2) is 61.5 Å². The Hall–Kier alpha value is -4.01. The second kappa shape index (κ2) is 11.2. The Kier molecular flexibility index (Phi) is 7.94. The number of carbonyl (C=O) groups is 1. The van der Waals surface area contributed by atoms with Crippen LogP contribution in [0.5, 0.6) is 23.4 Å². The van der Waals surface area contributed by atoms with Crippen LogP contribution in [0.4, 0.5) is 4.79 Å². The molecule has 0 saturated heterocycles. The molecule has 3 aromatic rings. The zero-order chi connectivity index (χ0) is 27.4. The summed E-state index contributed by atoms with van der Waals surface area (Å²) in [5, 5.41) is 0. The van der Waals surface area contributed by atoms with Crippen LogP contribution in [0.2, 0.25) is 0 Å². The van der Waals surface area contributed by atoms with E-state index in [1.165, 1.54) is 7.11 Å². The molecule has 0 saturated carbocycles. The van der Waals surface area contributed by atoms with Crippen molar-refractivity contribution >= 4 is 6.09 Å². The third kappa shape index (κ3) is 5.77. The number of rotatable bonds is 7. The number of ether oxygens (including phenoxy) is 5. The highest BCUT2D eigenvalue weighted by molar-refractivity contribution is 5.70. The van der Waals surface area contributed by atoms with Crippen LogP contribution in [0, 0.1) is 0 Å². The first-order chi connectivity index (χ1) is 18.2. The van der Waals surface area contributed by atoms with E-state index in [4.69, 9.17) is 23.7 Å². The highest BCUT2D eigenvalue weighted by Gasteiger charge is 2.35. The zero-order valence-corrected chi connectivity index (χ0v) is 23.0. The maximum absolute atomic E-state index is 13.3. The SMILES string of the molecule is COc1ncc(-c2ccc(CC3c4cc(OC)c(OC)cc4CCN3C(=O)OC(C)(C)C)cc2)c(OC)n1. The van der Waals surface area contributed by atoms with E-state index in [1.54, 1.807) is 27.5 Å². The standard InChI is InChI=1S/C29H35N3O6/c1-29(2,3)38-28(33)32-13-12-20-15-24(34-4)25(35-5)16-21(20)23(32)14-18-8-10-19(11-9-18)22-17-30-27(37-7)31-26(22)36-6/h8-11,15-17,23H,12-14H2,1-7H3. The molecule has 0 aliphatic carbocycles. The fraction of sp³-hybridized carbons (Fsp3) is 0.414. The van der Waals surface area contributed by atoms with E-state index in [2.05, 4.69) is 9.97 Å². The van der Waals surface area contributed by atoms with Crippen molar-refractivity contribution < 1.29 is 28.5 Å². The Labute approximate surface area is 223 Å². The second-order valence-corrected chi connectivity index (χ2v) is 10.0. The van der Waals surface area contributed by atoms with Crippen LogP contribution in [0.1, 0.15) is 43.5 Å². The minimum atomic E-state index is -0.597. The van der Waals surface area contributed by atoms with E-state index < -0.39 is 5.60 Å². The van der Waals surface area contributed by atoms with Gasteiger partial charge in [-0.05, 0) is 68.0 Å². The van der Waals surface area contributed by atoms with Crippen molar-refractivity contribution in [2.45, 2.75) is 45.3 Å². The Bertz CT molecular complexity index is 1290. The fourth-order valence-electron chi connectivity index (χ4n) is 4.63. The third-order valence-corrected chi connectivity index (χ3v) is 6.43. The van der Waals surface area contributed by atoms with Crippen LogP contribution >= 0.6 is 0 Å². The van der Waals surface area contributed by atoms with Crippen molar-refractivity contribution in [1.29, 1.82) is 0 Å². The number of amides is 1. The lowest BCUT2D eigenvalue weighted by atomic mass is 9.88. The Morgan fingerprint density at radius 3 is 2.26 bits per heavy atom. The molecule has 1 aliphatic heterocycles. The van der Waals surface area contributed by atoms with Gasteiger partial charge in [-0.25, -0.2) is 9.78 Å². The fourth-order valence-corrected chi connectivity index (χ4v) is 4.63. The molecular weight excluding hydrogens is 486 g/mol. The topological polar surface area (TPSA) is 92.2 Å². The molecule has 1 aliphatic rings. The number of hydrogen-bond acceptors (Lipinski definition) is 8. The summed E-state index contributed by atoms with van der Waals surface area (Å²) in [5.74, 6) is 1.74. The zero-order valence-electron chi connectivity index (χ0n) is 23.0. The summed E-state index contributed by atoms with van der Waals surface area (Å²) >= 11 is 0. The van der Waals surface area contributed by atoms with E-state index in [0.717, 1.165) is 27.8 Å². The minimum Gasteiger partial charge on any atom is -0.493 e. The van der Waals surface area contributed by atoms with Gasteiger partial charge in [0.15, 0.2) is 11.5 Å². The Balaban J connectivity index is 1.68. The molecule has 1 aromatic heterocycles. The molecule has 202 valence electrons. The predicted octanol–water partition coefficient (Wildman–Crippen LogP) is 5.26. The van der Waals surface area contributed by atoms with Crippen molar-refractivity contribution in [1.82, 2.24) is 14.9 Å². The molecule has 9 nitrogen and oxygen atoms in total. The lowest BCUT2D eigenvalue weighted by molar-refractivity contribution is 0.0141. The largest absolute Gasteiger partial charge is 0.493 e. The van der Waals surface area contributed by atoms with Crippen LogP contribution in [0.25, 0.3) is 11.1 Å². The van der Waals surface area contributed by atoms with E-state index >= 15 is 0 Å². The molecule has 1 unspecified atom stereocenters. The smallest absolute Gasteiger partial charge is 0.410 e. The van der Waals surface area contributed by atoms with Gasteiger partial charge in [0.25, 0.3) is 0 Å². The first-order valence-corrected chi connectivity index (χ1v) is 12.5. The summed E-state index contributed by atoms with van der Waals surface area (Å²) in [6, 6.07) is 12.1. The molecule has 1 atom stereocenters. The number of methoxy groups -OCH3 is 4. The normalized spacial score (nSPS) is 14.9. The monoisotopic (exact) mass is 521 g/mol. The van der Waals surface area contributed by atoms with Crippen molar-refractivity contribution in [3.63, 3.8) is 0 Å². The number of hydrogen-bond donors (Lipinski definition) is 0. The average Bonchev–Trinajstić information content (AvgIpc) is 2.91. The van der Waals surface area contributed by atoms with Crippen LogP contribution in [0.15, 0.2) is 42.6 Å².